The zero-order valence-corrected chi connectivity index (χ0v) is 34.6. The minimum atomic E-state index is -0.807. The lowest BCUT2D eigenvalue weighted by molar-refractivity contribution is -0.139. The van der Waals surface area contributed by atoms with Gasteiger partial charge in [-0.05, 0) is 83.9 Å². The van der Waals surface area contributed by atoms with Gasteiger partial charge < -0.3 is 37.9 Å². The van der Waals surface area contributed by atoms with Gasteiger partial charge in [-0.3, -0.25) is 0 Å². The lowest BCUT2D eigenvalue weighted by Gasteiger charge is -2.15. The van der Waals surface area contributed by atoms with Crippen LogP contribution in [0.25, 0.3) is 11.1 Å². The predicted octanol–water partition coefficient (Wildman–Crippen LogP) is 6.14. The SMILES string of the molecule is C=CC(=O)OCCOC(=O)c1cc(C#Cc2ccc(OCCOC(=O)C=C)cc2)ccc1-c1ccc(C#Cc2ccc(OCCOC(=O)C=C)cc2)cc1C(=O)OCCOC(=O)C=C. The lowest BCUT2D eigenvalue weighted by atomic mass is 9.92. The molecule has 0 fully saturated rings. The Labute approximate surface area is 369 Å². The molecule has 0 spiro atoms. The molecule has 0 radical (unpaired) electrons. The van der Waals surface area contributed by atoms with Crippen LogP contribution in [-0.2, 0) is 47.6 Å². The molecule has 14 nitrogen and oxygen atoms in total. The van der Waals surface area contributed by atoms with E-state index in [2.05, 4.69) is 50.0 Å². The third-order valence-electron chi connectivity index (χ3n) is 8.16. The molecule has 0 unspecified atom stereocenters. The third-order valence-corrected chi connectivity index (χ3v) is 8.16. The fourth-order valence-corrected chi connectivity index (χ4v) is 5.16. The molecule has 0 aliphatic carbocycles. The lowest BCUT2D eigenvalue weighted by Crippen LogP contribution is -2.15. The number of hydrogen-bond acceptors (Lipinski definition) is 14. The van der Waals surface area contributed by atoms with E-state index in [1.165, 1.54) is 12.1 Å². The molecule has 0 heterocycles. The van der Waals surface area contributed by atoms with Crippen molar-refractivity contribution in [2.24, 2.45) is 0 Å². The highest BCUT2D eigenvalue weighted by molar-refractivity contribution is 6.04. The Balaban J connectivity index is 1.65. The first-order valence-corrected chi connectivity index (χ1v) is 19.3. The van der Waals surface area contributed by atoms with Gasteiger partial charge in [0, 0.05) is 46.6 Å². The number of hydrogen-bond donors (Lipinski definition) is 0. The van der Waals surface area contributed by atoms with Crippen LogP contribution in [0.5, 0.6) is 11.5 Å². The molecule has 0 amide bonds. The highest BCUT2D eigenvalue weighted by atomic mass is 16.6. The van der Waals surface area contributed by atoms with Crippen LogP contribution in [0, 0.1) is 23.7 Å². The molecule has 64 heavy (non-hydrogen) atoms. The maximum atomic E-state index is 13.7. The van der Waals surface area contributed by atoms with Crippen LogP contribution in [0.3, 0.4) is 0 Å². The van der Waals surface area contributed by atoms with Crippen molar-refractivity contribution in [1.29, 1.82) is 0 Å². The van der Waals surface area contributed by atoms with E-state index in [-0.39, 0.29) is 75.1 Å². The summed E-state index contributed by atoms with van der Waals surface area (Å²) in [6, 6.07) is 23.2. The summed E-state index contributed by atoms with van der Waals surface area (Å²) in [7, 11) is 0. The molecule has 0 saturated carbocycles. The van der Waals surface area contributed by atoms with Crippen molar-refractivity contribution < 1.29 is 66.7 Å². The van der Waals surface area contributed by atoms with Gasteiger partial charge in [0.1, 0.15) is 64.4 Å². The van der Waals surface area contributed by atoms with E-state index in [1.54, 1.807) is 72.8 Å². The Bertz CT molecular complexity index is 2320. The monoisotopic (exact) mass is 866 g/mol. The normalized spacial score (nSPS) is 9.81. The summed E-state index contributed by atoms with van der Waals surface area (Å²) < 4.78 is 41.9. The van der Waals surface area contributed by atoms with Crippen LogP contribution >= 0.6 is 0 Å². The van der Waals surface area contributed by atoms with Crippen LogP contribution in [0.2, 0.25) is 0 Å². The first kappa shape index (κ1) is 48.1. The summed E-state index contributed by atoms with van der Waals surface area (Å²) in [5, 5.41) is 0. The third kappa shape index (κ3) is 16.1. The van der Waals surface area contributed by atoms with Crippen LogP contribution in [-0.4, -0.2) is 88.7 Å². The van der Waals surface area contributed by atoms with Crippen molar-refractivity contribution in [2.45, 2.75) is 0 Å². The van der Waals surface area contributed by atoms with Gasteiger partial charge in [-0.15, -0.1) is 0 Å². The highest BCUT2D eigenvalue weighted by Gasteiger charge is 2.22. The van der Waals surface area contributed by atoms with Crippen LogP contribution in [0.1, 0.15) is 43.0 Å². The zero-order chi connectivity index (χ0) is 46.1. The van der Waals surface area contributed by atoms with Gasteiger partial charge in [0.05, 0.1) is 11.1 Å². The first-order chi connectivity index (χ1) is 31.0. The van der Waals surface area contributed by atoms with Crippen LogP contribution in [0.15, 0.2) is 136 Å². The van der Waals surface area contributed by atoms with Crippen molar-refractivity contribution >= 4 is 35.8 Å². The number of rotatable bonds is 21. The molecule has 326 valence electrons. The molecule has 0 aliphatic rings. The van der Waals surface area contributed by atoms with Gasteiger partial charge >= 0.3 is 35.8 Å². The summed E-state index contributed by atoms with van der Waals surface area (Å²) in [6.45, 7) is 12.7. The highest BCUT2D eigenvalue weighted by Crippen LogP contribution is 2.30. The average molecular weight is 867 g/mol. The van der Waals surface area contributed by atoms with E-state index < -0.39 is 35.8 Å². The van der Waals surface area contributed by atoms with Crippen LogP contribution < -0.4 is 9.47 Å². The molecular formula is C50H42O14. The van der Waals surface area contributed by atoms with Crippen molar-refractivity contribution in [2.75, 3.05) is 52.9 Å². The van der Waals surface area contributed by atoms with Crippen LogP contribution in [0.4, 0.5) is 0 Å². The van der Waals surface area contributed by atoms with Crippen molar-refractivity contribution in [3.05, 3.63) is 169 Å². The molecule has 0 bridgehead atoms. The standard InChI is InChI=1S/C50H42O14/c1-5-45(51)59-27-25-57-39-19-13-35(14-20-39)9-11-37-17-23-41(43(33-37)49(55)63-31-29-61-47(53)7-3)42-24-18-38(34-44(42)50(56)64-32-30-62-48(54)8-4)12-10-36-15-21-40(22-16-36)58-26-28-60-46(52)6-2/h5-8,13-24,33-34H,1-4,25-32H2. The number of carbonyl (C=O) groups is 6. The smallest absolute Gasteiger partial charge is 0.338 e. The molecule has 4 aromatic rings. The van der Waals surface area contributed by atoms with Gasteiger partial charge in [-0.2, -0.15) is 0 Å². The van der Waals surface area contributed by atoms with Crippen molar-refractivity contribution in [1.82, 2.24) is 0 Å². The van der Waals surface area contributed by atoms with Gasteiger partial charge in [0.2, 0.25) is 0 Å². The second kappa shape index (κ2) is 25.9. The molecular weight excluding hydrogens is 825 g/mol. The summed E-state index contributed by atoms with van der Waals surface area (Å²) in [5.41, 5.74) is 2.68. The van der Waals surface area contributed by atoms with E-state index in [4.69, 9.17) is 37.9 Å². The Morgan fingerprint density at radius 3 is 0.984 bits per heavy atom. The van der Waals surface area contributed by atoms with Gasteiger partial charge in [0.15, 0.2) is 0 Å². The fourth-order valence-electron chi connectivity index (χ4n) is 5.16. The van der Waals surface area contributed by atoms with E-state index in [0.29, 0.717) is 33.8 Å². The quantitative estimate of drug-likeness (QED) is 0.0307. The van der Waals surface area contributed by atoms with Gasteiger partial charge in [0.25, 0.3) is 0 Å². The molecule has 0 aromatic heterocycles. The second-order valence-electron chi connectivity index (χ2n) is 12.5. The number of ether oxygens (including phenoxy) is 8. The minimum absolute atomic E-state index is 0.0247. The topological polar surface area (TPSA) is 176 Å². The van der Waals surface area contributed by atoms with E-state index in [1.807, 2.05) is 0 Å². The first-order valence-electron chi connectivity index (χ1n) is 19.3. The summed E-state index contributed by atoms with van der Waals surface area (Å²) >= 11 is 0. The number of benzene rings is 4. The van der Waals surface area contributed by atoms with Crippen molar-refractivity contribution in [3.63, 3.8) is 0 Å². The largest absolute Gasteiger partial charge is 0.490 e. The minimum Gasteiger partial charge on any atom is -0.490 e. The molecule has 4 aromatic carbocycles. The zero-order valence-electron chi connectivity index (χ0n) is 34.6. The Hall–Kier alpha value is -8.62. The number of esters is 6. The Morgan fingerprint density at radius 2 is 0.656 bits per heavy atom. The van der Waals surface area contributed by atoms with E-state index >= 15 is 0 Å². The number of carbonyl (C=O) groups excluding carboxylic acids is 6. The Morgan fingerprint density at radius 1 is 0.375 bits per heavy atom. The molecule has 0 atom stereocenters. The molecule has 0 saturated heterocycles. The van der Waals surface area contributed by atoms with E-state index in [9.17, 15) is 28.8 Å². The molecule has 14 heteroatoms. The molecule has 4 rings (SSSR count). The molecule has 0 N–H and O–H groups in total. The predicted molar refractivity (Wildman–Crippen MR) is 233 cm³/mol. The average Bonchev–Trinajstić information content (AvgIpc) is 3.33. The van der Waals surface area contributed by atoms with Gasteiger partial charge in [-0.25, -0.2) is 28.8 Å². The maximum absolute atomic E-state index is 13.7. The van der Waals surface area contributed by atoms with E-state index in [0.717, 1.165) is 24.3 Å². The van der Waals surface area contributed by atoms with Crippen molar-refractivity contribution in [3.8, 4) is 46.3 Å². The summed E-state index contributed by atoms with van der Waals surface area (Å²) in [6.07, 6.45) is 4.08. The maximum Gasteiger partial charge on any atom is 0.338 e. The Kier molecular flexibility index (Phi) is 19.4. The second-order valence-corrected chi connectivity index (χ2v) is 12.5. The summed E-state index contributed by atoms with van der Waals surface area (Å²) in [5.74, 6) is 9.09. The fraction of sp³-hybridized carbons (Fsp3) is 0.160. The molecule has 0 aliphatic heterocycles. The van der Waals surface area contributed by atoms with Gasteiger partial charge in [-0.1, -0.05) is 62.1 Å². The summed E-state index contributed by atoms with van der Waals surface area (Å²) in [4.78, 5) is 73.0.